The number of rotatable bonds is 6. The summed E-state index contributed by atoms with van der Waals surface area (Å²) >= 11 is 0. The maximum atomic E-state index is 12.7. The van der Waals surface area contributed by atoms with E-state index in [1.165, 1.54) is 25.9 Å². The number of nitrogens with one attached hydrogen (secondary N) is 1. The molecule has 0 saturated carbocycles. The Hall–Kier alpha value is -3.11. The van der Waals surface area contributed by atoms with Crippen molar-refractivity contribution in [2.45, 2.75) is 31.7 Å². The van der Waals surface area contributed by atoms with Crippen molar-refractivity contribution in [1.29, 1.82) is 0 Å². The van der Waals surface area contributed by atoms with Crippen LogP contribution in [0.4, 0.5) is 5.82 Å². The summed E-state index contributed by atoms with van der Waals surface area (Å²) in [4.78, 5) is 26.6. The predicted octanol–water partition coefficient (Wildman–Crippen LogP) is 1.35. The number of carbonyl (C=O) groups excluding carboxylic acids is 1. The van der Waals surface area contributed by atoms with Crippen LogP contribution < -0.4 is 5.32 Å². The lowest BCUT2D eigenvalue weighted by atomic mass is 10.0. The fourth-order valence-corrected chi connectivity index (χ4v) is 4.43. The lowest BCUT2D eigenvalue weighted by Gasteiger charge is -2.36. The van der Waals surface area contributed by atoms with Crippen LogP contribution in [0.2, 0.25) is 0 Å². The molecule has 31 heavy (non-hydrogen) atoms. The van der Waals surface area contributed by atoms with Gasteiger partial charge in [0.15, 0.2) is 5.82 Å². The van der Waals surface area contributed by atoms with Gasteiger partial charge >= 0.3 is 0 Å². The topological polar surface area (TPSA) is 97.0 Å². The monoisotopic (exact) mass is 421 g/mol. The van der Waals surface area contributed by atoms with Gasteiger partial charge in [0.05, 0.1) is 6.54 Å². The van der Waals surface area contributed by atoms with Crippen molar-refractivity contribution >= 4 is 11.7 Å². The van der Waals surface area contributed by atoms with Crippen molar-refractivity contribution in [2.24, 2.45) is 0 Å². The van der Waals surface area contributed by atoms with E-state index in [0.717, 1.165) is 25.9 Å². The second kappa shape index (κ2) is 8.94. The number of anilines is 1. The van der Waals surface area contributed by atoms with Gasteiger partial charge in [0.25, 0.3) is 5.95 Å². The van der Waals surface area contributed by atoms with E-state index in [1.807, 2.05) is 6.07 Å². The molecule has 0 atom stereocenters. The van der Waals surface area contributed by atoms with Gasteiger partial charge in [-0.3, -0.25) is 9.69 Å². The average Bonchev–Trinajstić information content (AvgIpc) is 3.58. The van der Waals surface area contributed by atoms with Crippen LogP contribution >= 0.6 is 0 Å². The highest BCUT2D eigenvalue weighted by Gasteiger charge is 2.27. The van der Waals surface area contributed by atoms with Crippen LogP contribution in [-0.2, 0) is 4.79 Å². The quantitative estimate of drug-likeness (QED) is 0.642. The Morgan fingerprint density at radius 3 is 2.35 bits per heavy atom. The first-order valence-corrected chi connectivity index (χ1v) is 10.9. The van der Waals surface area contributed by atoms with E-state index in [-0.39, 0.29) is 5.91 Å². The molecule has 3 aromatic heterocycles. The largest absolute Gasteiger partial charge is 0.309 e. The molecular weight excluding hydrogens is 394 g/mol. The Morgan fingerprint density at radius 1 is 0.968 bits per heavy atom. The second-order valence-electron chi connectivity index (χ2n) is 8.11. The number of amides is 1. The van der Waals surface area contributed by atoms with Crippen LogP contribution in [0.1, 0.15) is 25.7 Å². The Labute approximate surface area is 180 Å². The fraction of sp³-hybridized carbons (Fsp3) is 0.476. The molecule has 5 rings (SSSR count). The number of nitrogens with zero attached hydrogens (tertiary/aromatic N) is 8. The molecule has 0 spiro atoms. The minimum absolute atomic E-state index is 0.0730. The zero-order valence-electron chi connectivity index (χ0n) is 17.5. The van der Waals surface area contributed by atoms with Crippen LogP contribution in [0.15, 0.2) is 43.0 Å². The minimum Gasteiger partial charge on any atom is -0.309 e. The van der Waals surface area contributed by atoms with Gasteiger partial charge in [-0.1, -0.05) is 0 Å². The minimum atomic E-state index is -0.0730. The second-order valence-corrected chi connectivity index (χ2v) is 8.11. The maximum Gasteiger partial charge on any atom is 0.254 e. The van der Waals surface area contributed by atoms with Gasteiger partial charge in [0, 0.05) is 50.0 Å². The third-order valence-electron chi connectivity index (χ3n) is 6.00. The summed E-state index contributed by atoms with van der Waals surface area (Å²) in [5, 5.41) is 11.4. The zero-order chi connectivity index (χ0) is 21.0. The zero-order valence-corrected chi connectivity index (χ0v) is 17.5. The third-order valence-corrected chi connectivity index (χ3v) is 6.00. The first kappa shape index (κ1) is 19.8. The van der Waals surface area contributed by atoms with Crippen molar-refractivity contribution < 1.29 is 4.79 Å². The molecule has 5 heterocycles. The molecule has 1 N–H and O–H groups in total. The molecule has 0 radical (unpaired) electrons. The predicted molar refractivity (Wildman–Crippen MR) is 115 cm³/mol. The molecule has 0 aromatic carbocycles. The summed E-state index contributed by atoms with van der Waals surface area (Å²) in [5.74, 6) is 1.30. The van der Waals surface area contributed by atoms with E-state index in [1.54, 1.807) is 46.3 Å². The van der Waals surface area contributed by atoms with E-state index < -0.39 is 0 Å². The van der Waals surface area contributed by atoms with Gasteiger partial charge in [-0.05, 0) is 50.9 Å². The van der Waals surface area contributed by atoms with Crippen LogP contribution in [0, 0.1) is 0 Å². The van der Waals surface area contributed by atoms with Crippen molar-refractivity contribution in [1.82, 2.24) is 39.3 Å². The summed E-state index contributed by atoms with van der Waals surface area (Å²) in [5.41, 5.74) is 0. The Balaban J connectivity index is 1.24. The summed E-state index contributed by atoms with van der Waals surface area (Å²) in [6.45, 7) is 4.74. The first-order chi connectivity index (χ1) is 15.2. The van der Waals surface area contributed by atoms with E-state index in [9.17, 15) is 4.79 Å². The Bertz CT molecular complexity index is 936. The van der Waals surface area contributed by atoms with Crippen LogP contribution in [0.25, 0.3) is 11.8 Å². The summed E-state index contributed by atoms with van der Waals surface area (Å²) < 4.78 is 3.19. The molecule has 2 aliphatic rings. The van der Waals surface area contributed by atoms with Gasteiger partial charge in [-0.2, -0.15) is 20.2 Å². The van der Waals surface area contributed by atoms with Gasteiger partial charge in [0.1, 0.15) is 5.82 Å². The number of carbonyl (C=O) groups is 1. The fourth-order valence-electron chi connectivity index (χ4n) is 4.43. The lowest BCUT2D eigenvalue weighted by molar-refractivity contribution is -0.117. The number of aromatic nitrogens is 6. The third kappa shape index (κ3) is 4.64. The van der Waals surface area contributed by atoms with Gasteiger partial charge in [0.2, 0.25) is 5.91 Å². The van der Waals surface area contributed by atoms with E-state index in [2.05, 4.69) is 35.3 Å². The van der Waals surface area contributed by atoms with E-state index in [4.69, 9.17) is 0 Å². The summed E-state index contributed by atoms with van der Waals surface area (Å²) in [6, 6.07) is 6.02. The Kier molecular flexibility index (Phi) is 5.72. The molecule has 1 amide bonds. The van der Waals surface area contributed by atoms with Gasteiger partial charge in [-0.25, -0.2) is 9.36 Å². The van der Waals surface area contributed by atoms with E-state index >= 15 is 0 Å². The Morgan fingerprint density at radius 2 is 1.68 bits per heavy atom. The molecule has 10 nitrogen and oxygen atoms in total. The van der Waals surface area contributed by atoms with Crippen molar-refractivity contribution in [3.63, 3.8) is 0 Å². The SMILES string of the molecule is O=C(CN1CCC(N2CCCC2)CC1)Nc1cc(-n2cccn2)nc(-n2cccn2)n1. The highest BCUT2D eigenvalue weighted by atomic mass is 16.2. The molecule has 2 saturated heterocycles. The highest BCUT2D eigenvalue weighted by molar-refractivity contribution is 5.91. The molecule has 2 aliphatic heterocycles. The smallest absolute Gasteiger partial charge is 0.254 e. The van der Waals surface area contributed by atoms with Crippen LogP contribution in [0.3, 0.4) is 0 Å². The molecule has 162 valence electrons. The average molecular weight is 422 g/mol. The molecule has 0 unspecified atom stereocenters. The van der Waals surface area contributed by atoms with Crippen LogP contribution in [0.5, 0.6) is 0 Å². The molecule has 0 bridgehead atoms. The van der Waals surface area contributed by atoms with E-state index in [0.29, 0.717) is 30.2 Å². The normalized spacial score (nSPS) is 18.5. The lowest BCUT2D eigenvalue weighted by Crippen LogP contribution is -2.45. The van der Waals surface area contributed by atoms with Crippen molar-refractivity contribution in [2.75, 3.05) is 38.0 Å². The number of hydrogen-bond acceptors (Lipinski definition) is 7. The molecule has 3 aromatic rings. The van der Waals surface area contributed by atoms with Gasteiger partial charge in [-0.15, -0.1) is 0 Å². The number of hydrogen-bond donors (Lipinski definition) is 1. The van der Waals surface area contributed by atoms with Crippen LogP contribution in [-0.4, -0.2) is 84.0 Å². The molecule has 10 heteroatoms. The van der Waals surface area contributed by atoms with Gasteiger partial charge < -0.3 is 10.2 Å². The molecular formula is C21H27N9O. The van der Waals surface area contributed by atoms with Crippen molar-refractivity contribution in [3.8, 4) is 11.8 Å². The number of likely N-dealkylation sites (tertiary alicyclic amines) is 2. The molecule has 0 aliphatic carbocycles. The summed E-state index contributed by atoms with van der Waals surface area (Å²) in [7, 11) is 0. The first-order valence-electron chi connectivity index (χ1n) is 10.9. The van der Waals surface area contributed by atoms with Crippen molar-refractivity contribution in [3.05, 3.63) is 43.0 Å². The highest BCUT2D eigenvalue weighted by Crippen LogP contribution is 2.21. The standard InChI is InChI=1S/C21H27N9O/c31-20(16-27-13-5-17(6-14-27)28-9-1-2-10-28)24-18-15-19(29-11-3-7-22-29)26-21(25-18)30-12-4-8-23-30/h3-4,7-8,11-12,15,17H,1-2,5-6,9-10,13-14,16H2,(H,24,25,26,31). The maximum absolute atomic E-state index is 12.7. The summed E-state index contributed by atoms with van der Waals surface area (Å²) in [6.07, 6.45) is 11.8. The number of piperidine rings is 1. The molecule has 2 fully saturated rings.